The fraction of sp³-hybridized carbons (Fsp3) is 0.438. The number of carbonyl (C=O) groups is 3. The van der Waals surface area contributed by atoms with E-state index in [-0.39, 0.29) is 23.8 Å². The Kier molecular flexibility index (Phi) is 3.92. The highest BCUT2D eigenvalue weighted by Gasteiger charge is 2.37. The number of rotatable bonds is 2. The maximum absolute atomic E-state index is 13.2. The molecule has 2 heterocycles. The molecule has 0 saturated carbocycles. The van der Waals surface area contributed by atoms with E-state index in [0.717, 1.165) is 0 Å². The van der Waals surface area contributed by atoms with Gasteiger partial charge in [-0.1, -0.05) is 6.07 Å². The van der Waals surface area contributed by atoms with Gasteiger partial charge in [-0.25, -0.2) is 4.39 Å². The molecular formula is C16H17FN2O3. The summed E-state index contributed by atoms with van der Waals surface area (Å²) in [5.74, 6) is -0.870. The predicted molar refractivity (Wildman–Crippen MR) is 76.4 cm³/mol. The van der Waals surface area contributed by atoms with E-state index in [9.17, 15) is 18.8 Å². The van der Waals surface area contributed by atoms with Crippen LogP contribution in [0.4, 0.5) is 4.39 Å². The van der Waals surface area contributed by atoms with Crippen molar-refractivity contribution in [3.63, 3.8) is 0 Å². The molecule has 0 N–H and O–H groups in total. The predicted octanol–water partition coefficient (Wildman–Crippen LogP) is 1.58. The molecular weight excluding hydrogens is 287 g/mol. The first-order chi connectivity index (χ1) is 10.6. The summed E-state index contributed by atoms with van der Waals surface area (Å²) in [4.78, 5) is 38.8. The van der Waals surface area contributed by atoms with Crippen LogP contribution in [0.2, 0.25) is 0 Å². The van der Waals surface area contributed by atoms with E-state index in [2.05, 4.69) is 0 Å². The standard InChI is InChI=1S/C16H17FN2O3/c17-12-3-1-2-11(10-12)16(22)18-8-6-13(7-9-18)19-14(20)4-5-15(19)21/h1-3,10,13H,4-9H2. The van der Waals surface area contributed by atoms with Crippen LogP contribution in [0.1, 0.15) is 36.0 Å². The molecule has 6 heteroatoms. The third kappa shape index (κ3) is 2.73. The summed E-state index contributed by atoms with van der Waals surface area (Å²) >= 11 is 0. The van der Waals surface area contributed by atoms with Crippen molar-refractivity contribution >= 4 is 17.7 Å². The molecule has 1 aromatic carbocycles. The Labute approximate surface area is 127 Å². The number of piperidine rings is 1. The number of hydrogen-bond donors (Lipinski definition) is 0. The van der Waals surface area contributed by atoms with E-state index in [1.54, 1.807) is 11.0 Å². The molecule has 0 atom stereocenters. The Bertz CT molecular complexity index is 608. The number of hydrogen-bond acceptors (Lipinski definition) is 3. The maximum atomic E-state index is 13.2. The van der Waals surface area contributed by atoms with Gasteiger partial charge in [0.05, 0.1) is 0 Å². The van der Waals surface area contributed by atoms with Crippen molar-refractivity contribution in [3.8, 4) is 0 Å². The number of carbonyl (C=O) groups excluding carboxylic acids is 3. The van der Waals surface area contributed by atoms with Crippen molar-refractivity contribution < 1.29 is 18.8 Å². The molecule has 0 unspecified atom stereocenters. The number of halogens is 1. The number of likely N-dealkylation sites (tertiary alicyclic amines) is 2. The summed E-state index contributed by atoms with van der Waals surface area (Å²) in [5, 5.41) is 0. The molecule has 1 aromatic rings. The Balaban J connectivity index is 1.63. The van der Waals surface area contributed by atoms with Crippen LogP contribution in [-0.2, 0) is 9.59 Å². The van der Waals surface area contributed by atoms with E-state index in [1.807, 2.05) is 0 Å². The Morgan fingerprint density at radius 3 is 2.32 bits per heavy atom. The van der Waals surface area contributed by atoms with Crippen molar-refractivity contribution in [1.82, 2.24) is 9.80 Å². The fourth-order valence-corrected chi connectivity index (χ4v) is 3.13. The summed E-state index contributed by atoms with van der Waals surface area (Å²) in [7, 11) is 0. The second-order valence-corrected chi connectivity index (χ2v) is 5.69. The van der Waals surface area contributed by atoms with E-state index in [1.165, 1.54) is 23.1 Å². The fourth-order valence-electron chi connectivity index (χ4n) is 3.13. The number of benzene rings is 1. The number of nitrogens with zero attached hydrogens (tertiary/aromatic N) is 2. The van der Waals surface area contributed by atoms with Crippen molar-refractivity contribution in [2.45, 2.75) is 31.7 Å². The molecule has 2 saturated heterocycles. The molecule has 0 bridgehead atoms. The quantitative estimate of drug-likeness (QED) is 0.780. The second kappa shape index (κ2) is 5.87. The van der Waals surface area contributed by atoms with Crippen molar-refractivity contribution in [2.24, 2.45) is 0 Å². The minimum atomic E-state index is -0.436. The van der Waals surface area contributed by atoms with Crippen LogP contribution >= 0.6 is 0 Å². The largest absolute Gasteiger partial charge is 0.338 e. The lowest BCUT2D eigenvalue weighted by molar-refractivity contribution is -0.141. The Morgan fingerprint density at radius 1 is 1.09 bits per heavy atom. The molecule has 0 radical (unpaired) electrons. The summed E-state index contributed by atoms with van der Waals surface area (Å²) in [6.07, 6.45) is 1.75. The van der Waals surface area contributed by atoms with Gasteiger partial charge in [-0.15, -0.1) is 0 Å². The Hall–Kier alpha value is -2.24. The van der Waals surface area contributed by atoms with Crippen molar-refractivity contribution in [3.05, 3.63) is 35.6 Å². The van der Waals surface area contributed by atoms with Crippen LogP contribution in [0, 0.1) is 5.82 Å². The van der Waals surface area contributed by atoms with Gasteiger partial charge >= 0.3 is 0 Å². The van der Waals surface area contributed by atoms with Crippen LogP contribution in [-0.4, -0.2) is 46.7 Å². The molecule has 3 rings (SSSR count). The molecule has 22 heavy (non-hydrogen) atoms. The van der Waals surface area contributed by atoms with Gasteiger partial charge in [0.15, 0.2) is 0 Å². The topological polar surface area (TPSA) is 57.7 Å². The summed E-state index contributed by atoms with van der Waals surface area (Å²) in [6.45, 7) is 0.939. The first-order valence-electron chi connectivity index (χ1n) is 7.46. The molecule has 0 aliphatic carbocycles. The minimum absolute atomic E-state index is 0.111. The zero-order chi connectivity index (χ0) is 15.7. The second-order valence-electron chi connectivity index (χ2n) is 5.69. The van der Waals surface area contributed by atoms with Gasteiger partial charge < -0.3 is 4.90 Å². The van der Waals surface area contributed by atoms with Crippen molar-refractivity contribution in [1.29, 1.82) is 0 Å². The normalized spacial score (nSPS) is 19.9. The maximum Gasteiger partial charge on any atom is 0.253 e. The molecule has 2 fully saturated rings. The minimum Gasteiger partial charge on any atom is -0.338 e. The van der Waals surface area contributed by atoms with Crippen LogP contribution in [0.5, 0.6) is 0 Å². The van der Waals surface area contributed by atoms with E-state index in [0.29, 0.717) is 44.3 Å². The van der Waals surface area contributed by atoms with Gasteiger partial charge in [0.2, 0.25) is 11.8 Å². The first-order valence-corrected chi connectivity index (χ1v) is 7.46. The molecule has 0 aromatic heterocycles. The van der Waals surface area contributed by atoms with Gasteiger partial charge in [-0.05, 0) is 31.0 Å². The van der Waals surface area contributed by atoms with Crippen LogP contribution in [0.25, 0.3) is 0 Å². The van der Waals surface area contributed by atoms with Gasteiger partial charge in [0.1, 0.15) is 5.82 Å². The number of imide groups is 1. The summed E-state index contributed by atoms with van der Waals surface area (Å²) in [5.41, 5.74) is 0.326. The van der Waals surface area contributed by atoms with Gasteiger partial charge in [0, 0.05) is 37.5 Å². The van der Waals surface area contributed by atoms with Crippen molar-refractivity contribution in [2.75, 3.05) is 13.1 Å². The smallest absolute Gasteiger partial charge is 0.253 e. The highest BCUT2D eigenvalue weighted by Crippen LogP contribution is 2.24. The lowest BCUT2D eigenvalue weighted by Gasteiger charge is -2.35. The Morgan fingerprint density at radius 2 is 1.73 bits per heavy atom. The highest BCUT2D eigenvalue weighted by atomic mass is 19.1. The molecule has 2 aliphatic heterocycles. The lowest BCUT2D eigenvalue weighted by atomic mass is 10.0. The summed E-state index contributed by atoms with van der Waals surface area (Å²) < 4.78 is 13.2. The molecule has 5 nitrogen and oxygen atoms in total. The van der Waals surface area contributed by atoms with E-state index in [4.69, 9.17) is 0 Å². The highest BCUT2D eigenvalue weighted by molar-refractivity contribution is 6.02. The molecule has 0 spiro atoms. The van der Waals surface area contributed by atoms with E-state index >= 15 is 0 Å². The summed E-state index contributed by atoms with van der Waals surface area (Å²) in [6, 6.07) is 5.51. The third-order valence-electron chi connectivity index (χ3n) is 4.28. The zero-order valence-corrected chi connectivity index (χ0v) is 12.1. The zero-order valence-electron chi connectivity index (χ0n) is 12.1. The SMILES string of the molecule is O=C(c1cccc(F)c1)N1CCC(N2C(=O)CCC2=O)CC1. The van der Waals surface area contributed by atoms with Crippen LogP contribution in [0.3, 0.4) is 0 Å². The molecule has 116 valence electrons. The van der Waals surface area contributed by atoms with Crippen LogP contribution in [0.15, 0.2) is 24.3 Å². The average Bonchev–Trinajstić information content (AvgIpc) is 2.86. The molecule has 3 amide bonds. The monoisotopic (exact) mass is 304 g/mol. The van der Waals surface area contributed by atoms with Gasteiger partial charge in [-0.2, -0.15) is 0 Å². The van der Waals surface area contributed by atoms with E-state index < -0.39 is 5.82 Å². The first kappa shape index (κ1) is 14.7. The van der Waals surface area contributed by atoms with Crippen LogP contribution < -0.4 is 0 Å². The molecule has 2 aliphatic rings. The average molecular weight is 304 g/mol. The third-order valence-corrected chi connectivity index (χ3v) is 4.28. The lowest BCUT2D eigenvalue weighted by Crippen LogP contribution is -2.48. The number of amides is 3. The van der Waals surface area contributed by atoms with Gasteiger partial charge in [0.25, 0.3) is 5.91 Å². The van der Waals surface area contributed by atoms with Gasteiger partial charge in [-0.3, -0.25) is 19.3 Å².